The standard InChI is InChI=1S/C8H5BrClIO2/c9-8-5(11)1-4(2-6(8)12)7(13)3-10/h1-2,12H,3H2. The zero-order valence-electron chi connectivity index (χ0n) is 6.35. The predicted molar refractivity (Wildman–Crippen MR) is 63.6 cm³/mol. The zero-order valence-corrected chi connectivity index (χ0v) is 10.9. The van der Waals surface area contributed by atoms with Crippen molar-refractivity contribution in [2.24, 2.45) is 0 Å². The maximum Gasteiger partial charge on any atom is 0.177 e. The third-order valence-electron chi connectivity index (χ3n) is 1.45. The summed E-state index contributed by atoms with van der Waals surface area (Å²) in [5.41, 5.74) is 0.431. The largest absolute Gasteiger partial charge is 0.507 e. The number of hydrogen-bond acceptors (Lipinski definition) is 2. The second-order valence-electron chi connectivity index (χ2n) is 2.35. The first kappa shape index (κ1) is 11.3. The van der Waals surface area contributed by atoms with Crippen LogP contribution >= 0.6 is 50.1 Å². The lowest BCUT2D eigenvalue weighted by Crippen LogP contribution is -2.00. The number of phenols is 1. The predicted octanol–water partition coefficient (Wildman–Crippen LogP) is 3.18. The van der Waals surface area contributed by atoms with E-state index >= 15 is 0 Å². The lowest BCUT2D eigenvalue weighted by atomic mass is 10.1. The second-order valence-corrected chi connectivity index (χ2v) is 4.57. The van der Waals surface area contributed by atoms with Gasteiger partial charge in [0.2, 0.25) is 0 Å². The maximum atomic E-state index is 11.2. The molecule has 0 aliphatic rings. The van der Waals surface area contributed by atoms with Gasteiger partial charge in [0.15, 0.2) is 5.78 Å². The molecule has 0 aliphatic carbocycles. The Bertz CT molecular complexity index is 331. The summed E-state index contributed by atoms with van der Waals surface area (Å²) in [7, 11) is 0. The molecule has 1 aromatic rings. The van der Waals surface area contributed by atoms with Gasteiger partial charge in [-0.15, -0.1) is 11.6 Å². The number of phenolic OH excluding ortho intramolecular Hbond substituents is 1. The van der Waals surface area contributed by atoms with Crippen LogP contribution in [0.2, 0.25) is 0 Å². The second kappa shape index (κ2) is 4.61. The molecule has 0 bridgehead atoms. The molecule has 0 aromatic heterocycles. The van der Waals surface area contributed by atoms with Crippen LogP contribution in [0, 0.1) is 3.57 Å². The van der Waals surface area contributed by atoms with Gasteiger partial charge in [0.1, 0.15) is 5.75 Å². The van der Waals surface area contributed by atoms with Crippen molar-refractivity contribution in [3.63, 3.8) is 0 Å². The lowest BCUT2D eigenvalue weighted by molar-refractivity contribution is 0.102. The minimum absolute atomic E-state index is 0.0559. The van der Waals surface area contributed by atoms with E-state index in [4.69, 9.17) is 11.6 Å². The topological polar surface area (TPSA) is 37.3 Å². The Kier molecular flexibility index (Phi) is 4.00. The van der Waals surface area contributed by atoms with Crippen LogP contribution in [0.3, 0.4) is 0 Å². The number of Topliss-reactive ketones (excluding diaryl/α,β-unsaturated/α-hetero) is 1. The Balaban J connectivity index is 3.20. The van der Waals surface area contributed by atoms with Crippen LogP contribution < -0.4 is 0 Å². The third-order valence-corrected chi connectivity index (χ3v) is 4.12. The Morgan fingerprint density at radius 2 is 2.23 bits per heavy atom. The molecule has 0 atom stereocenters. The summed E-state index contributed by atoms with van der Waals surface area (Å²) in [4.78, 5) is 11.2. The summed E-state index contributed by atoms with van der Waals surface area (Å²) in [5.74, 6) is -0.209. The van der Waals surface area contributed by atoms with Crippen LogP contribution in [0.1, 0.15) is 10.4 Å². The summed E-state index contributed by atoms with van der Waals surface area (Å²) >= 11 is 10.6. The number of rotatable bonds is 2. The van der Waals surface area contributed by atoms with E-state index < -0.39 is 0 Å². The number of hydrogen-bond donors (Lipinski definition) is 1. The molecule has 0 saturated heterocycles. The van der Waals surface area contributed by atoms with Crippen molar-refractivity contribution in [1.82, 2.24) is 0 Å². The van der Waals surface area contributed by atoms with E-state index in [2.05, 4.69) is 15.9 Å². The monoisotopic (exact) mass is 374 g/mol. The number of aromatic hydroxyl groups is 1. The fourth-order valence-corrected chi connectivity index (χ4v) is 1.81. The highest BCUT2D eigenvalue weighted by Gasteiger charge is 2.10. The molecule has 0 radical (unpaired) electrons. The molecule has 0 amide bonds. The molecule has 0 heterocycles. The maximum absolute atomic E-state index is 11.2. The van der Waals surface area contributed by atoms with Gasteiger partial charge < -0.3 is 5.11 Å². The molecule has 1 N–H and O–H groups in total. The van der Waals surface area contributed by atoms with Crippen molar-refractivity contribution in [2.75, 3.05) is 5.88 Å². The number of carbonyl (C=O) groups excluding carboxylic acids is 1. The van der Waals surface area contributed by atoms with Crippen LogP contribution in [-0.2, 0) is 0 Å². The van der Waals surface area contributed by atoms with Crippen molar-refractivity contribution >= 4 is 55.9 Å². The zero-order chi connectivity index (χ0) is 10.0. The van der Waals surface area contributed by atoms with E-state index in [0.29, 0.717) is 10.0 Å². The number of carbonyl (C=O) groups is 1. The first-order valence-corrected chi connectivity index (χ1v) is 5.74. The highest BCUT2D eigenvalue weighted by molar-refractivity contribution is 14.1. The molecule has 0 unspecified atom stereocenters. The molecular formula is C8H5BrClIO2. The number of ketones is 1. The Hall–Kier alpha value is 0.190. The first-order valence-electron chi connectivity index (χ1n) is 3.33. The van der Waals surface area contributed by atoms with Crippen molar-refractivity contribution < 1.29 is 9.90 Å². The van der Waals surface area contributed by atoms with E-state index in [0.717, 1.165) is 3.57 Å². The van der Waals surface area contributed by atoms with E-state index in [-0.39, 0.29) is 17.4 Å². The lowest BCUT2D eigenvalue weighted by Gasteiger charge is -2.03. The van der Waals surface area contributed by atoms with Gasteiger partial charge in [-0.2, -0.15) is 0 Å². The highest BCUT2D eigenvalue weighted by Crippen LogP contribution is 2.30. The van der Waals surface area contributed by atoms with E-state index in [1.807, 2.05) is 22.6 Å². The van der Waals surface area contributed by atoms with E-state index in [9.17, 15) is 9.90 Å². The molecule has 0 saturated carbocycles. The van der Waals surface area contributed by atoms with Gasteiger partial charge in [0.05, 0.1) is 10.4 Å². The van der Waals surface area contributed by atoms with Crippen molar-refractivity contribution in [2.45, 2.75) is 0 Å². The molecule has 70 valence electrons. The van der Waals surface area contributed by atoms with Crippen LogP contribution in [0.15, 0.2) is 16.6 Å². The molecular weight excluding hydrogens is 370 g/mol. The van der Waals surface area contributed by atoms with E-state index in [1.54, 1.807) is 6.07 Å². The molecule has 5 heteroatoms. The summed E-state index contributed by atoms with van der Waals surface area (Å²) in [6, 6.07) is 3.08. The fraction of sp³-hybridized carbons (Fsp3) is 0.125. The van der Waals surface area contributed by atoms with Crippen molar-refractivity contribution in [1.29, 1.82) is 0 Å². The molecule has 1 rings (SSSR count). The number of alkyl halides is 1. The van der Waals surface area contributed by atoms with Crippen LogP contribution in [-0.4, -0.2) is 16.8 Å². The quantitative estimate of drug-likeness (QED) is 0.490. The third kappa shape index (κ3) is 2.57. The molecule has 13 heavy (non-hydrogen) atoms. The average Bonchev–Trinajstić information content (AvgIpc) is 2.12. The van der Waals surface area contributed by atoms with Gasteiger partial charge >= 0.3 is 0 Å². The Labute approximate surface area is 103 Å². The SMILES string of the molecule is O=C(CCl)c1cc(O)c(Br)c(I)c1. The molecule has 0 spiro atoms. The summed E-state index contributed by atoms with van der Waals surface area (Å²) < 4.78 is 1.38. The summed E-state index contributed by atoms with van der Waals surface area (Å²) in [5, 5.41) is 9.38. The summed E-state index contributed by atoms with van der Waals surface area (Å²) in [6.45, 7) is 0. The Morgan fingerprint density at radius 3 is 2.69 bits per heavy atom. The van der Waals surface area contributed by atoms with Crippen molar-refractivity contribution in [3.05, 3.63) is 25.7 Å². The van der Waals surface area contributed by atoms with Crippen LogP contribution in [0.5, 0.6) is 5.75 Å². The van der Waals surface area contributed by atoms with Gasteiger partial charge in [-0.1, -0.05) is 0 Å². The normalized spacial score (nSPS) is 10.1. The average molecular weight is 375 g/mol. The fourth-order valence-electron chi connectivity index (χ4n) is 0.813. The first-order chi connectivity index (χ1) is 6.06. The van der Waals surface area contributed by atoms with Crippen LogP contribution in [0.25, 0.3) is 0 Å². The van der Waals surface area contributed by atoms with Gasteiger partial charge in [0.25, 0.3) is 0 Å². The smallest absolute Gasteiger partial charge is 0.177 e. The number of halogens is 3. The minimum Gasteiger partial charge on any atom is -0.507 e. The summed E-state index contributed by atoms with van der Waals surface area (Å²) in [6.07, 6.45) is 0. The van der Waals surface area contributed by atoms with E-state index in [1.165, 1.54) is 6.07 Å². The molecule has 0 aliphatic heterocycles. The highest BCUT2D eigenvalue weighted by atomic mass is 127. The van der Waals surface area contributed by atoms with Gasteiger partial charge in [0, 0.05) is 9.13 Å². The minimum atomic E-state index is -0.192. The molecule has 0 fully saturated rings. The van der Waals surface area contributed by atoms with Gasteiger partial charge in [-0.3, -0.25) is 4.79 Å². The van der Waals surface area contributed by atoms with Gasteiger partial charge in [-0.25, -0.2) is 0 Å². The Morgan fingerprint density at radius 1 is 1.62 bits per heavy atom. The number of benzene rings is 1. The van der Waals surface area contributed by atoms with Gasteiger partial charge in [-0.05, 0) is 50.7 Å². The molecule has 2 nitrogen and oxygen atoms in total. The van der Waals surface area contributed by atoms with Crippen LogP contribution in [0.4, 0.5) is 0 Å². The van der Waals surface area contributed by atoms with Crippen molar-refractivity contribution in [3.8, 4) is 5.75 Å². The molecule has 1 aromatic carbocycles.